The van der Waals surface area contributed by atoms with Gasteiger partial charge < -0.3 is 19.3 Å². The molecule has 1 unspecified atom stereocenters. The van der Waals surface area contributed by atoms with Crippen LogP contribution in [0.3, 0.4) is 0 Å². The molecule has 0 saturated heterocycles. The number of rotatable bonds is 7. The Bertz CT molecular complexity index is 913. The summed E-state index contributed by atoms with van der Waals surface area (Å²) in [4.78, 5) is 37.4. The van der Waals surface area contributed by atoms with E-state index in [2.05, 4.69) is 10.3 Å². The summed E-state index contributed by atoms with van der Waals surface area (Å²) in [7, 11) is -1.44. The van der Waals surface area contributed by atoms with Crippen LogP contribution in [0, 0.1) is 10.1 Å². The van der Waals surface area contributed by atoms with E-state index in [1.165, 1.54) is 38.5 Å². The fraction of sp³-hybridized carbons (Fsp3) is 0.231. The van der Waals surface area contributed by atoms with Crippen molar-refractivity contribution in [2.45, 2.75) is 5.78 Å². The van der Waals surface area contributed by atoms with Crippen LogP contribution in [0.25, 0.3) is 0 Å². The van der Waals surface area contributed by atoms with Gasteiger partial charge in [0, 0.05) is 32.5 Å². The minimum Gasteiger partial charge on any atom is -0.362 e. The van der Waals surface area contributed by atoms with Gasteiger partial charge in [-0.05, 0) is 17.7 Å². The van der Waals surface area contributed by atoms with Crippen LogP contribution >= 0.6 is 7.60 Å². The minimum absolute atomic E-state index is 0.0859. The van der Waals surface area contributed by atoms with Gasteiger partial charge in [0.15, 0.2) is 5.78 Å². The number of nitrogens with one attached hydrogen (secondary N) is 3. The molecule has 0 saturated carbocycles. The molecule has 0 aliphatic carbocycles. The molecule has 2 rings (SSSR count). The summed E-state index contributed by atoms with van der Waals surface area (Å²) in [5.41, 5.74) is -1.37. The van der Waals surface area contributed by atoms with Gasteiger partial charge in [-0.3, -0.25) is 24.5 Å². The molecule has 0 radical (unpaired) electrons. The van der Waals surface area contributed by atoms with Crippen molar-refractivity contribution in [3.05, 3.63) is 67.0 Å². The number of H-pyrrole nitrogens is 2. The second kappa shape index (κ2) is 7.43. The molecule has 1 aromatic carbocycles. The molecule has 2 aromatic rings. The van der Waals surface area contributed by atoms with E-state index in [1.807, 2.05) is 4.98 Å². The Kier molecular flexibility index (Phi) is 5.52. The predicted molar refractivity (Wildman–Crippen MR) is 88.8 cm³/mol. The third-order valence-corrected chi connectivity index (χ3v) is 5.43. The largest absolute Gasteiger partial charge is 0.362 e. The first-order chi connectivity index (χ1) is 11.8. The first-order valence-electron chi connectivity index (χ1n) is 6.85. The van der Waals surface area contributed by atoms with Crippen molar-refractivity contribution < 1.29 is 18.5 Å². The van der Waals surface area contributed by atoms with Gasteiger partial charge in [0.25, 0.3) is 11.2 Å². The molecule has 0 aliphatic heterocycles. The molecule has 12 heteroatoms. The zero-order valence-corrected chi connectivity index (χ0v) is 14.1. The lowest BCUT2D eigenvalue weighted by Gasteiger charge is -2.25. The third kappa shape index (κ3) is 4.02. The number of non-ortho nitro benzene ring substituents is 1. The average molecular weight is 370 g/mol. The normalized spacial score (nSPS) is 12.6. The second-order valence-corrected chi connectivity index (χ2v) is 7.11. The lowest BCUT2D eigenvalue weighted by atomic mass is 10.2. The Hall–Kier alpha value is -2.75. The van der Waals surface area contributed by atoms with Crippen molar-refractivity contribution in [1.82, 2.24) is 9.97 Å². The first kappa shape index (κ1) is 18.6. The van der Waals surface area contributed by atoms with Crippen molar-refractivity contribution in [3.63, 3.8) is 0 Å². The SMILES string of the molecule is COP(=O)(OC)C(Nc1c[nH]c(=O)[nH]c1=O)c1ccc([N+](=O)[O-])cc1. The standard InChI is InChI=1S/C13H15N4O7P/c1-23-25(22,24-2)12(8-3-5-9(6-4-8)17(20)21)15-10-7-14-13(19)16-11(10)18/h3-7,12,15H,1-2H3,(H2,14,16,18,19). The summed E-state index contributed by atoms with van der Waals surface area (Å²) in [6.45, 7) is 0. The number of nitro benzene ring substituents is 1. The Morgan fingerprint density at radius 1 is 1.20 bits per heavy atom. The average Bonchev–Trinajstić information content (AvgIpc) is 2.60. The van der Waals surface area contributed by atoms with E-state index in [0.717, 1.165) is 6.20 Å². The summed E-state index contributed by atoms with van der Waals surface area (Å²) < 4.78 is 22.8. The maximum Gasteiger partial charge on any atom is 0.356 e. The van der Waals surface area contributed by atoms with Gasteiger partial charge in [-0.15, -0.1) is 0 Å². The molecule has 1 aromatic heterocycles. The molecule has 0 fully saturated rings. The molecule has 1 heterocycles. The number of hydrogen-bond acceptors (Lipinski definition) is 8. The monoisotopic (exact) mass is 370 g/mol. The molecule has 134 valence electrons. The zero-order chi connectivity index (χ0) is 18.6. The third-order valence-electron chi connectivity index (χ3n) is 3.36. The number of hydrogen-bond donors (Lipinski definition) is 3. The van der Waals surface area contributed by atoms with Gasteiger partial charge in [-0.1, -0.05) is 0 Å². The van der Waals surface area contributed by atoms with E-state index in [9.17, 15) is 24.3 Å². The zero-order valence-electron chi connectivity index (χ0n) is 13.2. The minimum atomic E-state index is -3.77. The maximum atomic E-state index is 12.8. The van der Waals surface area contributed by atoms with Gasteiger partial charge in [-0.2, -0.15) is 0 Å². The van der Waals surface area contributed by atoms with Crippen molar-refractivity contribution >= 4 is 19.0 Å². The van der Waals surface area contributed by atoms with Crippen molar-refractivity contribution in [3.8, 4) is 0 Å². The van der Waals surface area contributed by atoms with E-state index < -0.39 is 29.6 Å². The molecule has 0 bridgehead atoms. The molecule has 0 aliphatic rings. The maximum absolute atomic E-state index is 12.8. The number of anilines is 1. The highest BCUT2D eigenvalue weighted by Gasteiger charge is 2.36. The molecular weight excluding hydrogens is 355 g/mol. The van der Waals surface area contributed by atoms with Crippen LogP contribution < -0.4 is 16.6 Å². The van der Waals surface area contributed by atoms with Crippen molar-refractivity contribution in [2.24, 2.45) is 0 Å². The predicted octanol–water partition coefficient (Wildman–Crippen LogP) is 1.57. The van der Waals surface area contributed by atoms with Gasteiger partial charge in [0.05, 0.1) is 4.92 Å². The summed E-state index contributed by atoms with van der Waals surface area (Å²) in [6.07, 6.45) is 1.11. The summed E-state index contributed by atoms with van der Waals surface area (Å²) in [5, 5.41) is 13.5. The lowest BCUT2D eigenvalue weighted by Crippen LogP contribution is -2.26. The van der Waals surface area contributed by atoms with Gasteiger partial charge in [0.1, 0.15) is 5.69 Å². The summed E-state index contributed by atoms with van der Waals surface area (Å²) in [5.74, 6) is -1.14. The Balaban J connectivity index is 2.50. The van der Waals surface area contributed by atoms with E-state index >= 15 is 0 Å². The van der Waals surface area contributed by atoms with Gasteiger partial charge in [-0.25, -0.2) is 4.79 Å². The van der Waals surface area contributed by atoms with Crippen LogP contribution in [-0.4, -0.2) is 29.1 Å². The smallest absolute Gasteiger partial charge is 0.356 e. The van der Waals surface area contributed by atoms with E-state index in [-0.39, 0.29) is 11.4 Å². The van der Waals surface area contributed by atoms with E-state index in [0.29, 0.717) is 5.56 Å². The summed E-state index contributed by atoms with van der Waals surface area (Å²) >= 11 is 0. The quantitative estimate of drug-likeness (QED) is 0.376. The Morgan fingerprint density at radius 3 is 2.28 bits per heavy atom. The molecule has 0 amide bonds. The van der Waals surface area contributed by atoms with Crippen LogP contribution in [0.5, 0.6) is 0 Å². The Labute approximate surface area is 140 Å². The van der Waals surface area contributed by atoms with Crippen LogP contribution in [0.15, 0.2) is 40.1 Å². The van der Waals surface area contributed by atoms with Gasteiger partial charge >= 0.3 is 13.3 Å². The number of nitro groups is 1. The number of nitrogens with zero attached hydrogens (tertiary/aromatic N) is 1. The molecule has 1 atom stereocenters. The highest BCUT2D eigenvalue weighted by molar-refractivity contribution is 7.54. The van der Waals surface area contributed by atoms with E-state index in [1.54, 1.807) is 0 Å². The number of aromatic nitrogens is 2. The van der Waals surface area contributed by atoms with Crippen LogP contribution in [-0.2, 0) is 13.6 Å². The van der Waals surface area contributed by atoms with Crippen LogP contribution in [0.4, 0.5) is 11.4 Å². The fourth-order valence-electron chi connectivity index (χ4n) is 2.07. The number of aromatic amines is 2. The number of benzene rings is 1. The summed E-state index contributed by atoms with van der Waals surface area (Å²) in [6, 6.07) is 5.16. The van der Waals surface area contributed by atoms with Gasteiger partial charge in [0.2, 0.25) is 0 Å². The highest BCUT2D eigenvalue weighted by Crippen LogP contribution is 2.59. The molecule has 3 N–H and O–H groups in total. The molecule has 11 nitrogen and oxygen atoms in total. The second-order valence-electron chi connectivity index (χ2n) is 4.79. The highest BCUT2D eigenvalue weighted by atomic mass is 31.2. The van der Waals surface area contributed by atoms with Crippen LogP contribution in [0.1, 0.15) is 11.3 Å². The molecule has 0 spiro atoms. The van der Waals surface area contributed by atoms with Crippen molar-refractivity contribution in [1.29, 1.82) is 0 Å². The molecular formula is C13H15N4O7P. The molecule has 25 heavy (non-hydrogen) atoms. The fourth-order valence-corrected chi connectivity index (χ4v) is 3.48. The van der Waals surface area contributed by atoms with Crippen LogP contribution in [0.2, 0.25) is 0 Å². The Morgan fingerprint density at radius 2 is 1.80 bits per heavy atom. The van der Waals surface area contributed by atoms with E-state index in [4.69, 9.17) is 9.05 Å². The van der Waals surface area contributed by atoms with Crippen molar-refractivity contribution in [2.75, 3.05) is 19.5 Å². The lowest BCUT2D eigenvalue weighted by molar-refractivity contribution is -0.384. The first-order valence-corrected chi connectivity index (χ1v) is 8.46. The topological polar surface area (TPSA) is 156 Å².